The quantitative estimate of drug-likeness (QED) is 0.189. The van der Waals surface area contributed by atoms with Gasteiger partial charge in [0.15, 0.2) is 0 Å². The summed E-state index contributed by atoms with van der Waals surface area (Å²) in [5.74, 6) is -0.177. The Morgan fingerprint density at radius 3 is 2.10 bits per heavy atom. The fraction of sp³-hybridized carbons (Fsp3) is 0.208. The molecule has 3 aromatic carbocycles. The summed E-state index contributed by atoms with van der Waals surface area (Å²) in [7, 11) is 0. The van der Waals surface area contributed by atoms with Crippen molar-refractivity contribution in [3.8, 4) is 0 Å². The molecule has 0 saturated heterocycles. The Balaban J connectivity index is 1.60. The maximum Gasteiger partial charge on any atom is 0.240 e. The molecule has 3 aromatic rings. The molecule has 148 valence electrons. The molecule has 0 bridgehead atoms. The van der Waals surface area contributed by atoms with Gasteiger partial charge in [0.25, 0.3) is 0 Å². The van der Waals surface area contributed by atoms with Crippen LogP contribution in [0, 0.1) is 0 Å². The van der Waals surface area contributed by atoms with Gasteiger partial charge >= 0.3 is 0 Å². The zero-order valence-electron chi connectivity index (χ0n) is 16.4. The third-order valence-electron chi connectivity index (χ3n) is 4.70. The zero-order valence-corrected chi connectivity index (χ0v) is 16.4. The van der Waals surface area contributed by atoms with Crippen LogP contribution in [0.2, 0.25) is 0 Å². The van der Waals surface area contributed by atoms with Crippen molar-refractivity contribution >= 4 is 39.6 Å². The maximum absolute atomic E-state index is 12.0. The highest BCUT2D eigenvalue weighted by Crippen LogP contribution is 2.27. The number of carbonyl (C=O) groups is 2. The zero-order chi connectivity index (χ0) is 20.5. The average molecular weight is 387 g/mol. The molecule has 0 aliphatic heterocycles. The average Bonchev–Trinajstić information content (AvgIpc) is 2.74. The molecule has 0 saturated carbocycles. The number of carbonyl (C=O) groups excluding carboxylic acids is 2. The monoisotopic (exact) mass is 387 g/mol. The van der Waals surface area contributed by atoms with E-state index in [9.17, 15) is 9.59 Å². The molecule has 0 aliphatic rings. The van der Waals surface area contributed by atoms with E-state index in [1.165, 1.54) is 0 Å². The molecule has 5 heteroatoms. The summed E-state index contributed by atoms with van der Waals surface area (Å²) in [5, 5.41) is 11.4. The third-order valence-corrected chi connectivity index (χ3v) is 4.70. The molecule has 2 amide bonds. The van der Waals surface area contributed by atoms with Crippen molar-refractivity contribution < 1.29 is 9.59 Å². The Kier molecular flexibility index (Phi) is 7.11. The topological polar surface area (TPSA) is 70.6 Å². The number of amides is 2. The molecule has 2 N–H and O–H groups in total. The normalized spacial score (nSPS) is 11.0. The smallest absolute Gasteiger partial charge is 0.240 e. The second-order valence-electron chi connectivity index (χ2n) is 6.83. The van der Waals surface area contributed by atoms with Gasteiger partial charge in [-0.1, -0.05) is 54.6 Å². The summed E-state index contributed by atoms with van der Waals surface area (Å²) in [4.78, 5) is 23.5. The van der Waals surface area contributed by atoms with E-state index in [-0.39, 0.29) is 11.8 Å². The third kappa shape index (κ3) is 5.51. The molecule has 0 unspecified atom stereocenters. The number of benzene rings is 3. The Morgan fingerprint density at radius 1 is 0.897 bits per heavy atom. The minimum Gasteiger partial charge on any atom is -0.353 e. The van der Waals surface area contributed by atoms with E-state index in [0.717, 1.165) is 27.1 Å². The van der Waals surface area contributed by atoms with Crippen molar-refractivity contribution in [2.45, 2.75) is 25.7 Å². The summed E-state index contributed by atoms with van der Waals surface area (Å²) in [6.07, 6.45) is 5.40. The van der Waals surface area contributed by atoms with E-state index in [0.29, 0.717) is 32.2 Å². The van der Waals surface area contributed by atoms with Crippen LogP contribution in [0.25, 0.3) is 21.5 Å². The molecule has 0 heterocycles. The van der Waals surface area contributed by atoms with Crippen LogP contribution in [0.15, 0.2) is 72.4 Å². The molecule has 0 atom stereocenters. The van der Waals surface area contributed by atoms with Gasteiger partial charge in [0.2, 0.25) is 11.8 Å². The number of unbranched alkanes of at least 4 members (excludes halogenated alkanes) is 1. The fourth-order valence-electron chi connectivity index (χ4n) is 3.26. The van der Waals surface area contributed by atoms with Gasteiger partial charge in [-0.05, 0) is 40.5 Å². The van der Waals surface area contributed by atoms with Crippen molar-refractivity contribution in [2.24, 2.45) is 5.10 Å². The van der Waals surface area contributed by atoms with Crippen molar-refractivity contribution in [1.29, 1.82) is 0 Å². The highest BCUT2D eigenvalue weighted by atomic mass is 16.2. The predicted molar refractivity (Wildman–Crippen MR) is 119 cm³/mol. The molecule has 3 rings (SSSR count). The lowest BCUT2D eigenvalue weighted by molar-refractivity contribution is -0.122. The lowest BCUT2D eigenvalue weighted by Crippen LogP contribution is -2.23. The molecule has 0 aromatic heterocycles. The summed E-state index contributed by atoms with van der Waals surface area (Å²) in [6.45, 7) is 4.02. The van der Waals surface area contributed by atoms with E-state index >= 15 is 0 Å². The molecule has 0 radical (unpaired) electrons. The SMILES string of the molecule is C=CCNC(=O)CCCCC(=O)N/N=C/c1c2ccccc2cc2ccccc12. The number of rotatable bonds is 9. The highest BCUT2D eigenvalue weighted by Gasteiger charge is 2.06. The second kappa shape index (κ2) is 10.2. The van der Waals surface area contributed by atoms with Crippen molar-refractivity contribution in [3.63, 3.8) is 0 Å². The number of hydrogen-bond acceptors (Lipinski definition) is 3. The van der Waals surface area contributed by atoms with Gasteiger partial charge in [0, 0.05) is 24.9 Å². The molecule has 5 nitrogen and oxygen atoms in total. The van der Waals surface area contributed by atoms with Crippen LogP contribution < -0.4 is 10.7 Å². The number of nitrogens with one attached hydrogen (secondary N) is 2. The van der Waals surface area contributed by atoms with Crippen LogP contribution in [-0.2, 0) is 9.59 Å². The van der Waals surface area contributed by atoms with Gasteiger partial charge in [-0.25, -0.2) is 5.43 Å². The minimum atomic E-state index is -0.155. The fourth-order valence-corrected chi connectivity index (χ4v) is 3.26. The number of hydrazone groups is 1. The van der Waals surface area contributed by atoms with Crippen molar-refractivity contribution in [1.82, 2.24) is 10.7 Å². The van der Waals surface area contributed by atoms with Crippen molar-refractivity contribution in [2.75, 3.05) is 6.54 Å². The summed E-state index contributed by atoms with van der Waals surface area (Å²) < 4.78 is 0. The molecule has 0 fully saturated rings. The standard InChI is InChI=1S/C24H25N3O2/c1-2-15-25-23(28)13-7-8-14-24(29)27-26-17-22-20-11-5-3-9-18(20)16-19-10-4-6-12-21(19)22/h2-6,9-12,16-17H,1,7-8,13-15H2,(H,25,28)(H,27,29)/b26-17+. The van der Waals surface area contributed by atoms with Crippen LogP contribution in [0.3, 0.4) is 0 Å². The van der Waals surface area contributed by atoms with Gasteiger partial charge in [-0.15, -0.1) is 6.58 Å². The van der Waals surface area contributed by atoms with Crippen LogP contribution in [0.4, 0.5) is 0 Å². The highest BCUT2D eigenvalue weighted by molar-refractivity contribution is 6.13. The summed E-state index contributed by atoms with van der Waals surface area (Å²) >= 11 is 0. The lowest BCUT2D eigenvalue weighted by atomic mass is 9.97. The number of hydrogen-bond donors (Lipinski definition) is 2. The first-order valence-corrected chi connectivity index (χ1v) is 9.79. The first-order valence-electron chi connectivity index (χ1n) is 9.79. The van der Waals surface area contributed by atoms with E-state index in [4.69, 9.17) is 0 Å². The summed E-state index contributed by atoms with van der Waals surface area (Å²) in [6, 6.07) is 18.4. The molecular formula is C24H25N3O2. The molecule has 29 heavy (non-hydrogen) atoms. The second-order valence-corrected chi connectivity index (χ2v) is 6.83. The van der Waals surface area contributed by atoms with Crippen LogP contribution in [0.1, 0.15) is 31.2 Å². The first-order chi connectivity index (χ1) is 14.2. The Bertz CT molecular complexity index is 1000. The number of fused-ring (bicyclic) bond motifs is 2. The van der Waals surface area contributed by atoms with E-state index in [1.54, 1.807) is 12.3 Å². The minimum absolute atomic E-state index is 0.0221. The first kappa shape index (κ1) is 20.3. The predicted octanol–water partition coefficient (Wildman–Crippen LogP) is 4.31. The van der Waals surface area contributed by atoms with Gasteiger partial charge in [-0.3, -0.25) is 9.59 Å². The van der Waals surface area contributed by atoms with Gasteiger partial charge < -0.3 is 5.32 Å². The van der Waals surface area contributed by atoms with Crippen molar-refractivity contribution in [3.05, 3.63) is 72.8 Å². The van der Waals surface area contributed by atoms with E-state index in [1.807, 2.05) is 24.3 Å². The van der Waals surface area contributed by atoms with Crippen LogP contribution in [0.5, 0.6) is 0 Å². The van der Waals surface area contributed by atoms with Crippen LogP contribution in [-0.4, -0.2) is 24.6 Å². The Hall–Kier alpha value is -3.47. The number of nitrogens with zero attached hydrogens (tertiary/aromatic N) is 1. The van der Waals surface area contributed by atoms with E-state index < -0.39 is 0 Å². The van der Waals surface area contributed by atoms with Gasteiger partial charge in [0.05, 0.1) is 6.21 Å². The molecule has 0 aliphatic carbocycles. The Labute approximate surface area is 170 Å². The molecule has 0 spiro atoms. The van der Waals surface area contributed by atoms with E-state index in [2.05, 4.69) is 52.8 Å². The molecular weight excluding hydrogens is 362 g/mol. The Morgan fingerprint density at radius 2 is 1.48 bits per heavy atom. The largest absolute Gasteiger partial charge is 0.353 e. The maximum atomic E-state index is 12.0. The van der Waals surface area contributed by atoms with Crippen LogP contribution >= 0.6 is 0 Å². The van der Waals surface area contributed by atoms with Gasteiger partial charge in [-0.2, -0.15) is 5.10 Å². The summed E-state index contributed by atoms with van der Waals surface area (Å²) in [5.41, 5.74) is 3.58. The van der Waals surface area contributed by atoms with Gasteiger partial charge in [0.1, 0.15) is 0 Å². The lowest BCUT2D eigenvalue weighted by Gasteiger charge is -2.08.